The number of phenolic OH excluding ortho intramolecular Hbond substituents is 1. The minimum atomic E-state index is -0.782. The Balaban J connectivity index is 1.88. The van der Waals surface area contributed by atoms with Gasteiger partial charge in [0.05, 0.1) is 18.2 Å². The molecule has 7 nitrogen and oxygen atoms in total. The molecule has 0 bridgehead atoms. The van der Waals surface area contributed by atoms with Gasteiger partial charge in [-0.05, 0) is 37.1 Å². The standard InChI is InChI=1S/C26H28N2O5/c1-3-5-8-13-28-23(16-11-12-20(29)21(14-16)33-4-2)22(25(31)26(28)32)24(30)18-15-27-19-10-7-6-9-17(18)19/h6-7,9-12,14-15,23,27,29-30H,3-5,8,13H2,1-2H3/b24-22-. The van der Waals surface area contributed by atoms with Gasteiger partial charge in [-0.3, -0.25) is 9.59 Å². The number of Topliss-reactive ketones (excluding diaryl/α,β-unsaturated/α-hetero) is 1. The van der Waals surface area contributed by atoms with E-state index in [-0.39, 0.29) is 22.8 Å². The average Bonchev–Trinajstić information content (AvgIpc) is 3.35. The van der Waals surface area contributed by atoms with Crippen molar-refractivity contribution in [3.63, 3.8) is 0 Å². The maximum atomic E-state index is 13.2. The van der Waals surface area contributed by atoms with Gasteiger partial charge in [0.1, 0.15) is 5.76 Å². The van der Waals surface area contributed by atoms with E-state index < -0.39 is 17.7 Å². The minimum Gasteiger partial charge on any atom is -0.507 e. The topological polar surface area (TPSA) is 103 Å². The molecule has 4 rings (SSSR count). The highest BCUT2D eigenvalue weighted by atomic mass is 16.5. The Bertz CT molecular complexity index is 1230. The third kappa shape index (κ3) is 4.06. The number of aromatic hydroxyl groups is 1. The second kappa shape index (κ2) is 9.40. The molecule has 1 amide bonds. The van der Waals surface area contributed by atoms with E-state index in [0.717, 1.165) is 30.2 Å². The maximum absolute atomic E-state index is 13.2. The molecule has 1 aromatic heterocycles. The number of ether oxygens (including phenoxy) is 1. The number of aliphatic hydroxyl groups is 1. The van der Waals surface area contributed by atoms with Gasteiger partial charge < -0.3 is 24.8 Å². The monoisotopic (exact) mass is 448 g/mol. The first-order valence-corrected chi connectivity index (χ1v) is 11.3. The predicted molar refractivity (Wildman–Crippen MR) is 126 cm³/mol. The van der Waals surface area contributed by atoms with E-state index in [1.807, 2.05) is 24.3 Å². The van der Waals surface area contributed by atoms with Gasteiger partial charge in [-0.1, -0.05) is 44.0 Å². The van der Waals surface area contributed by atoms with Gasteiger partial charge >= 0.3 is 0 Å². The summed E-state index contributed by atoms with van der Waals surface area (Å²) in [5.41, 5.74) is 1.91. The van der Waals surface area contributed by atoms with E-state index in [1.54, 1.807) is 25.3 Å². The molecule has 0 aliphatic carbocycles. The number of carbonyl (C=O) groups is 2. The van der Waals surface area contributed by atoms with E-state index in [2.05, 4.69) is 11.9 Å². The van der Waals surface area contributed by atoms with Gasteiger partial charge in [-0.2, -0.15) is 0 Å². The lowest BCUT2D eigenvalue weighted by Crippen LogP contribution is -2.30. The number of aliphatic hydroxyl groups excluding tert-OH is 1. The summed E-state index contributed by atoms with van der Waals surface area (Å²) in [5.74, 6) is -1.34. The molecule has 3 N–H and O–H groups in total. The number of hydrogen-bond acceptors (Lipinski definition) is 5. The Morgan fingerprint density at radius 1 is 1.12 bits per heavy atom. The molecule has 1 atom stereocenters. The zero-order valence-electron chi connectivity index (χ0n) is 18.8. The summed E-state index contributed by atoms with van der Waals surface area (Å²) in [7, 11) is 0. The third-order valence-corrected chi connectivity index (χ3v) is 5.99. The number of unbranched alkanes of at least 4 members (excludes halogenated alkanes) is 2. The molecule has 172 valence electrons. The number of rotatable bonds is 8. The van der Waals surface area contributed by atoms with Gasteiger partial charge in [-0.25, -0.2) is 0 Å². The molecule has 1 aliphatic rings. The Morgan fingerprint density at radius 3 is 2.67 bits per heavy atom. The van der Waals surface area contributed by atoms with Gasteiger partial charge in [0.15, 0.2) is 11.5 Å². The number of hydrogen-bond donors (Lipinski definition) is 3. The molecule has 33 heavy (non-hydrogen) atoms. The number of phenols is 1. The number of nitrogens with zero attached hydrogens (tertiary/aromatic N) is 1. The van der Waals surface area contributed by atoms with Crippen molar-refractivity contribution in [3.8, 4) is 11.5 Å². The highest BCUT2D eigenvalue weighted by Crippen LogP contribution is 2.42. The number of aromatic amines is 1. The number of nitrogens with one attached hydrogen (secondary N) is 1. The second-order valence-electron chi connectivity index (χ2n) is 8.11. The third-order valence-electron chi connectivity index (χ3n) is 5.99. The van der Waals surface area contributed by atoms with Crippen molar-refractivity contribution in [2.24, 2.45) is 0 Å². The van der Waals surface area contributed by atoms with Crippen LogP contribution in [0.15, 0.2) is 54.2 Å². The zero-order valence-corrected chi connectivity index (χ0v) is 18.8. The van der Waals surface area contributed by atoms with E-state index in [1.165, 1.54) is 11.0 Å². The van der Waals surface area contributed by atoms with Crippen molar-refractivity contribution in [3.05, 3.63) is 65.4 Å². The van der Waals surface area contributed by atoms with Crippen molar-refractivity contribution >= 4 is 28.4 Å². The summed E-state index contributed by atoms with van der Waals surface area (Å²) in [6, 6.07) is 11.4. The Labute approximate surface area is 192 Å². The highest BCUT2D eigenvalue weighted by Gasteiger charge is 2.46. The Morgan fingerprint density at radius 2 is 1.91 bits per heavy atom. The van der Waals surface area contributed by atoms with Crippen molar-refractivity contribution in [2.45, 2.75) is 39.2 Å². The number of amides is 1. The lowest BCUT2D eigenvalue weighted by atomic mass is 9.94. The molecule has 2 aromatic carbocycles. The SMILES string of the molecule is CCCCCN1C(=O)C(=O)/C(=C(\O)c2c[nH]c3ccccc23)C1c1ccc(O)c(OCC)c1. The number of ketones is 1. The van der Waals surface area contributed by atoms with Crippen LogP contribution in [-0.4, -0.2) is 44.9 Å². The first-order valence-electron chi connectivity index (χ1n) is 11.3. The van der Waals surface area contributed by atoms with Crippen LogP contribution in [0.2, 0.25) is 0 Å². The smallest absolute Gasteiger partial charge is 0.295 e. The molecule has 2 heterocycles. The second-order valence-corrected chi connectivity index (χ2v) is 8.11. The molecule has 0 radical (unpaired) electrons. The van der Waals surface area contributed by atoms with E-state index in [9.17, 15) is 19.8 Å². The molecule has 1 aliphatic heterocycles. The Hall–Kier alpha value is -3.74. The molecule has 3 aromatic rings. The first kappa shape index (κ1) is 22.5. The van der Waals surface area contributed by atoms with Gasteiger partial charge in [-0.15, -0.1) is 0 Å². The zero-order chi connectivity index (χ0) is 23.5. The van der Waals surface area contributed by atoms with Gasteiger partial charge in [0, 0.05) is 29.2 Å². The summed E-state index contributed by atoms with van der Waals surface area (Å²) in [5, 5.41) is 22.2. The van der Waals surface area contributed by atoms with E-state index >= 15 is 0 Å². The lowest BCUT2D eigenvalue weighted by Gasteiger charge is -2.25. The molecule has 1 fully saturated rings. The van der Waals surface area contributed by atoms with Crippen molar-refractivity contribution < 1.29 is 24.5 Å². The summed E-state index contributed by atoms with van der Waals surface area (Å²) in [6.45, 7) is 4.61. The van der Waals surface area contributed by atoms with Crippen molar-refractivity contribution in [1.29, 1.82) is 0 Å². The predicted octanol–water partition coefficient (Wildman–Crippen LogP) is 4.88. The normalized spacial score (nSPS) is 17.8. The summed E-state index contributed by atoms with van der Waals surface area (Å²) < 4.78 is 5.53. The molecular formula is C26H28N2O5. The van der Waals surface area contributed by atoms with Crippen LogP contribution < -0.4 is 4.74 Å². The van der Waals surface area contributed by atoms with Crippen molar-refractivity contribution in [2.75, 3.05) is 13.2 Å². The van der Waals surface area contributed by atoms with Gasteiger partial charge in [0.2, 0.25) is 0 Å². The van der Waals surface area contributed by atoms with Crippen LogP contribution in [0, 0.1) is 0 Å². The molecule has 0 saturated carbocycles. The van der Waals surface area contributed by atoms with Crippen LogP contribution in [0.4, 0.5) is 0 Å². The van der Waals surface area contributed by atoms with Gasteiger partial charge in [0.25, 0.3) is 11.7 Å². The number of aromatic nitrogens is 1. The molecule has 0 spiro atoms. The minimum absolute atomic E-state index is 0.0276. The summed E-state index contributed by atoms with van der Waals surface area (Å²) >= 11 is 0. The number of fused-ring (bicyclic) bond motifs is 1. The van der Waals surface area contributed by atoms with Crippen LogP contribution >= 0.6 is 0 Å². The fraction of sp³-hybridized carbons (Fsp3) is 0.308. The van der Waals surface area contributed by atoms with Crippen molar-refractivity contribution in [1.82, 2.24) is 9.88 Å². The molecule has 1 unspecified atom stereocenters. The highest BCUT2D eigenvalue weighted by molar-refractivity contribution is 6.46. The van der Waals surface area contributed by atoms with E-state index in [4.69, 9.17) is 4.74 Å². The fourth-order valence-electron chi connectivity index (χ4n) is 4.37. The summed E-state index contributed by atoms with van der Waals surface area (Å²) in [4.78, 5) is 30.9. The lowest BCUT2D eigenvalue weighted by molar-refractivity contribution is -0.139. The van der Waals surface area contributed by atoms with Crippen LogP contribution in [0.3, 0.4) is 0 Å². The number of H-pyrrole nitrogens is 1. The van der Waals surface area contributed by atoms with Crippen LogP contribution in [0.25, 0.3) is 16.7 Å². The molecular weight excluding hydrogens is 420 g/mol. The number of para-hydroxylation sites is 1. The maximum Gasteiger partial charge on any atom is 0.295 e. The number of benzene rings is 2. The molecule has 1 saturated heterocycles. The number of likely N-dealkylation sites (tertiary alicyclic amines) is 1. The quantitative estimate of drug-likeness (QED) is 0.197. The first-order chi connectivity index (χ1) is 16.0. The summed E-state index contributed by atoms with van der Waals surface area (Å²) in [6.07, 6.45) is 4.27. The van der Waals surface area contributed by atoms with Crippen LogP contribution in [-0.2, 0) is 9.59 Å². The van der Waals surface area contributed by atoms with Crippen LogP contribution in [0.1, 0.15) is 50.3 Å². The fourth-order valence-corrected chi connectivity index (χ4v) is 4.37. The van der Waals surface area contributed by atoms with Crippen LogP contribution in [0.5, 0.6) is 11.5 Å². The Kier molecular flexibility index (Phi) is 6.40. The largest absolute Gasteiger partial charge is 0.507 e. The number of carbonyl (C=O) groups excluding carboxylic acids is 2. The average molecular weight is 449 g/mol. The van der Waals surface area contributed by atoms with E-state index in [0.29, 0.717) is 24.3 Å². The molecule has 7 heteroatoms.